The molecule has 2 N–H and O–H groups in total. The van der Waals surface area contributed by atoms with E-state index in [0.717, 1.165) is 18.5 Å². The Hall–Kier alpha value is -1.47. The molecule has 7 heteroatoms. The van der Waals surface area contributed by atoms with E-state index in [-0.39, 0.29) is 18.4 Å². The lowest BCUT2D eigenvalue weighted by atomic mass is 10.0. The van der Waals surface area contributed by atoms with Crippen molar-refractivity contribution in [1.29, 1.82) is 0 Å². The number of nitrogens with zero attached hydrogens (tertiary/aromatic N) is 2. The van der Waals surface area contributed by atoms with Gasteiger partial charge in [0, 0.05) is 11.4 Å². The molecule has 1 atom stereocenters. The minimum Gasteiger partial charge on any atom is -0.481 e. The van der Waals surface area contributed by atoms with Gasteiger partial charge in [0.15, 0.2) is 5.13 Å². The summed E-state index contributed by atoms with van der Waals surface area (Å²) in [5.74, 6) is -1.22. The molecule has 1 saturated heterocycles. The van der Waals surface area contributed by atoms with Crippen LogP contribution in [0.4, 0.5) is 5.13 Å². The van der Waals surface area contributed by atoms with Crippen molar-refractivity contribution < 1.29 is 14.7 Å². The molecule has 1 aromatic rings. The Kier molecular flexibility index (Phi) is 4.21. The molecule has 1 unspecified atom stereocenters. The second-order valence-electron chi connectivity index (χ2n) is 5.70. The number of carbonyl (C=O) groups is 2. The normalized spacial score (nSPS) is 22.0. The smallest absolute Gasteiger partial charge is 0.307 e. The van der Waals surface area contributed by atoms with Gasteiger partial charge in [0.05, 0.1) is 18.2 Å². The van der Waals surface area contributed by atoms with Gasteiger partial charge in [0.2, 0.25) is 5.91 Å². The monoisotopic (exact) mass is 309 g/mol. The fraction of sp³-hybridized carbons (Fsp3) is 0.643. The number of fused-ring (bicyclic) bond motifs is 1. The molecular weight excluding hydrogens is 290 g/mol. The third-order valence-corrected chi connectivity index (χ3v) is 5.15. The molecule has 2 aliphatic rings. The fourth-order valence-electron chi connectivity index (χ4n) is 2.95. The number of hydrogen-bond acceptors (Lipinski definition) is 5. The molecule has 1 aliphatic carbocycles. The number of nitrogens with one attached hydrogen (secondary N) is 1. The van der Waals surface area contributed by atoms with E-state index in [9.17, 15) is 9.59 Å². The average Bonchev–Trinajstić information content (AvgIpc) is 3.04. The van der Waals surface area contributed by atoms with Gasteiger partial charge in [0.25, 0.3) is 0 Å². The van der Waals surface area contributed by atoms with Gasteiger partial charge in [-0.1, -0.05) is 0 Å². The molecular formula is C14H19N3O3S. The van der Waals surface area contributed by atoms with E-state index >= 15 is 0 Å². The number of carboxylic acid groups (broad SMARTS) is 1. The Morgan fingerprint density at radius 3 is 2.90 bits per heavy atom. The summed E-state index contributed by atoms with van der Waals surface area (Å²) < 4.78 is 0. The number of aromatic nitrogens is 1. The van der Waals surface area contributed by atoms with Crippen LogP contribution in [0.1, 0.15) is 29.8 Å². The zero-order valence-electron chi connectivity index (χ0n) is 11.8. The molecule has 1 amide bonds. The number of anilines is 1. The van der Waals surface area contributed by atoms with Crippen molar-refractivity contribution in [1.82, 2.24) is 9.88 Å². The van der Waals surface area contributed by atoms with Gasteiger partial charge >= 0.3 is 5.97 Å². The molecule has 114 valence electrons. The molecule has 0 saturated carbocycles. The number of carbonyl (C=O) groups excluding carboxylic acids is 1. The molecule has 1 fully saturated rings. The first-order valence-corrected chi connectivity index (χ1v) is 8.17. The molecule has 2 heterocycles. The molecule has 3 rings (SSSR count). The van der Waals surface area contributed by atoms with Gasteiger partial charge in [-0.15, -0.1) is 11.3 Å². The third-order valence-electron chi connectivity index (χ3n) is 4.08. The van der Waals surface area contributed by atoms with Crippen molar-refractivity contribution in [3.8, 4) is 0 Å². The summed E-state index contributed by atoms with van der Waals surface area (Å²) in [6.07, 6.45) is 5.07. The number of hydrogen-bond donors (Lipinski definition) is 2. The van der Waals surface area contributed by atoms with Crippen LogP contribution in [0.2, 0.25) is 0 Å². The van der Waals surface area contributed by atoms with Gasteiger partial charge in [-0.25, -0.2) is 4.98 Å². The quantitative estimate of drug-likeness (QED) is 0.877. The lowest BCUT2D eigenvalue weighted by molar-refractivity contribution is -0.141. The van der Waals surface area contributed by atoms with E-state index in [4.69, 9.17) is 5.11 Å². The summed E-state index contributed by atoms with van der Waals surface area (Å²) in [7, 11) is 0. The lowest BCUT2D eigenvalue weighted by Crippen LogP contribution is -2.32. The predicted octanol–water partition coefficient (Wildman–Crippen LogP) is 1.37. The summed E-state index contributed by atoms with van der Waals surface area (Å²) in [6.45, 7) is 1.36. The van der Waals surface area contributed by atoms with Crippen LogP contribution in [0, 0.1) is 5.92 Å². The second kappa shape index (κ2) is 6.11. The topological polar surface area (TPSA) is 82.5 Å². The SMILES string of the molecule is O=C(CN1CCC(C(=O)O)C1)Nc1nc2c(s1)CCCC2. The van der Waals surface area contributed by atoms with Crippen molar-refractivity contribution in [2.45, 2.75) is 32.1 Å². The van der Waals surface area contributed by atoms with E-state index in [0.29, 0.717) is 24.6 Å². The van der Waals surface area contributed by atoms with Crippen LogP contribution in [-0.4, -0.2) is 46.5 Å². The zero-order valence-corrected chi connectivity index (χ0v) is 12.6. The van der Waals surface area contributed by atoms with Crippen molar-refractivity contribution in [3.05, 3.63) is 10.6 Å². The van der Waals surface area contributed by atoms with E-state index in [1.54, 1.807) is 11.3 Å². The van der Waals surface area contributed by atoms with Crippen LogP contribution in [-0.2, 0) is 22.4 Å². The Morgan fingerprint density at radius 1 is 1.38 bits per heavy atom. The van der Waals surface area contributed by atoms with Crippen molar-refractivity contribution in [2.75, 3.05) is 25.0 Å². The van der Waals surface area contributed by atoms with Crippen molar-refractivity contribution in [2.24, 2.45) is 5.92 Å². The van der Waals surface area contributed by atoms with Gasteiger partial charge in [-0.3, -0.25) is 14.5 Å². The zero-order chi connectivity index (χ0) is 14.8. The summed E-state index contributed by atoms with van der Waals surface area (Å²) in [5.41, 5.74) is 1.13. The molecule has 0 bridgehead atoms. The van der Waals surface area contributed by atoms with Crippen LogP contribution in [0.5, 0.6) is 0 Å². The summed E-state index contributed by atoms with van der Waals surface area (Å²) in [4.78, 5) is 30.6. The molecule has 0 aromatic carbocycles. The minimum atomic E-state index is -0.773. The van der Waals surface area contributed by atoms with Crippen LogP contribution in [0.25, 0.3) is 0 Å². The number of thiazole rings is 1. The van der Waals surface area contributed by atoms with Crippen LogP contribution < -0.4 is 5.32 Å². The Labute approximate surface area is 127 Å². The summed E-state index contributed by atoms with van der Waals surface area (Å²) in [5, 5.41) is 12.5. The molecule has 21 heavy (non-hydrogen) atoms. The minimum absolute atomic E-state index is 0.105. The van der Waals surface area contributed by atoms with Crippen LogP contribution in [0.3, 0.4) is 0 Å². The fourth-order valence-corrected chi connectivity index (χ4v) is 4.01. The van der Waals surface area contributed by atoms with E-state index in [1.807, 2.05) is 4.90 Å². The first-order valence-electron chi connectivity index (χ1n) is 7.35. The van der Waals surface area contributed by atoms with Crippen LogP contribution in [0.15, 0.2) is 0 Å². The van der Waals surface area contributed by atoms with E-state index < -0.39 is 5.97 Å². The van der Waals surface area contributed by atoms with Gasteiger partial charge in [-0.05, 0) is 38.6 Å². The standard InChI is InChI=1S/C14H19N3O3S/c18-12(8-17-6-5-9(7-17)13(19)20)16-14-15-10-3-1-2-4-11(10)21-14/h9H,1-8H2,(H,19,20)(H,15,16,18). The number of amides is 1. The highest BCUT2D eigenvalue weighted by Crippen LogP contribution is 2.29. The Bertz CT molecular complexity index is 534. The third kappa shape index (κ3) is 3.41. The highest BCUT2D eigenvalue weighted by atomic mass is 32.1. The lowest BCUT2D eigenvalue weighted by Gasteiger charge is -2.13. The van der Waals surface area contributed by atoms with Gasteiger partial charge in [-0.2, -0.15) is 0 Å². The highest BCUT2D eigenvalue weighted by molar-refractivity contribution is 7.15. The Morgan fingerprint density at radius 2 is 2.19 bits per heavy atom. The number of aliphatic carboxylic acids is 1. The number of likely N-dealkylation sites (tertiary alicyclic amines) is 1. The van der Waals surface area contributed by atoms with Crippen molar-refractivity contribution >= 4 is 28.3 Å². The number of carboxylic acids is 1. The molecule has 6 nitrogen and oxygen atoms in total. The van der Waals surface area contributed by atoms with Gasteiger partial charge < -0.3 is 10.4 Å². The predicted molar refractivity (Wildman–Crippen MR) is 79.6 cm³/mol. The first-order chi connectivity index (χ1) is 10.1. The van der Waals surface area contributed by atoms with Crippen LogP contribution >= 0.6 is 11.3 Å². The first kappa shape index (κ1) is 14.5. The van der Waals surface area contributed by atoms with E-state index in [1.165, 1.54) is 17.7 Å². The molecule has 0 radical (unpaired) electrons. The highest BCUT2D eigenvalue weighted by Gasteiger charge is 2.29. The second-order valence-corrected chi connectivity index (χ2v) is 6.79. The largest absolute Gasteiger partial charge is 0.481 e. The van der Waals surface area contributed by atoms with E-state index in [2.05, 4.69) is 10.3 Å². The van der Waals surface area contributed by atoms with Gasteiger partial charge in [0.1, 0.15) is 0 Å². The maximum Gasteiger partial charge on any atom is 0.307 e. The summed E-state index contributed by atoms with van der Waals surface area (Å²) in [6, 6.07) is 0. The number of aryl methyl sites for hydroxylation is 2. The average molecular weight is 309 g/mol. The Balaban J connectivity index is 1.52. The summed E-state index contributed by atoms with van der Waals surface area (Å²) >= 11 is 1.57. The maximum atomic E-state index is 12.0. The number of rotatable bonds is 4. The molecule has 1 aliphatic heterocycles. The molecule has 0 spiro atoms. The maximum absolute atomic E-state index is 12.0. The molecule has 1 aromatic heterocycles. The van der Waals surface area contributed by atoms with Crippen molar-refractivity contribution in [3.63, 3.8) is 0 Å².